The van der Waals surface area contributed by atoms with E-state index in [0.29, 0.717) is 0 Å². The SMILES string of the molecule is c1ccc(-n2c3ccccc3c3cc(N(c4cc5sc6ccccc6c5c5ccccc45)c4cccc5sc6ccccc6c45)ccc32)cc1. The van der Waals surface area contributed by atoms with Crippen molar-refractivity contribution in [1.82, 2.24) is 4.57 Å². The minimum Gasteiger partial charge on any atom is -0.309 e. The number of anilines is 3. The number of nitrogens with zero attached hydrogens (tertiary/aromatic N) is 2. The number of aromatic nitrogens is 1. The highest BCUT2D eigenvalue weighted by Crippen LogP contribution is 2.50. The lowest BCUT2D eigenvalue weighted by Gasteiger charge is -2.28. The zero-order chi connectivity index (χ0) is 32.8. The molecule has 50 heavy (non-hydrogen) atoms. The fourth-order valence-electron chi connectivity index (χ4n) is 8.06. The summed E-state index contributed by atoms with van der Waals surface area (Å²) in [6.07, 6.45) is 0. The summed E-state index contributed by atoms with van der Waals surface area (Å²) in [6, 6.07) is 62.4. The molecule has 0 N–H and O–H groups in total. The van der Waals surface area contributed by atoms with Crippen LogP contribution in [0.25, 0.3) is 78.6 Å². The van der Waals surface area contributed by atoms with Crippen LogP contribution in [-0.4, -0.2) is 4.57 Å². The van der Waals surface area contributed by atoms with Crippen LogP contribution in [-0.2, 0) is 0 Å². The van der Waals surface area contributed by atoms with Gasteiger partial charge in [-0.1, -0.05) is 103 Å². The van der Waals surface area contributed by atoms with E-state index in [-0.39, 0.29) is 0 Å². The molecule has 0 aliphatic carbocycles. The maximum Gasteiger partial charge on any atom is 0.0555 e. The monoisotopic (exact) mass is 672 g/mol. The second-order valence-electron chi connectivity index (χ2n) is 12.9. The molecule has 3 aromatic heterocycles. The maximum absolute atomic E-state index is 2.53. The smallest absolute Gasteiger partial charge is 0.0555 e. The summed E-state index contributed by atoms with van der Waals surface area (Å²) in [6.45, 7) is 0. The van der Waals surface area contributed by atoms with Gasteiger partial charge in [0.05, 0.1) is 22.4 Å². The highest BCUT2D eigenvalue weighted by Gasteiger charge is 2.23. The first-order valence-corrected chi connectivity index (χ1v) is 18.6. The normalized spacial score (nSPS) is 12.0. The summed E-state index contributed by atoms with van der Waals surface area (Å²) < 4.78 is 7.61. The number of benzene rings is 8. The molecule has 4 heteroatoms. The fraction of sp³-hybridized carbons (Fsp3) is 0. The largest absolute Gasteiger partial charge is 0.309 e. The summed E-state index contributed by atoms with van der Waals surface area (Å²) in [5, 5.41) is 10.3. The Morgan fingerprint density at radius 2 is 0.960 bits per heavy atom. The van der Waals surface area contributed by atoms with Crippen LogP contribution in [0.5, 0.6) is 0 Å². The van der Waals surface area contributed by atoms with E-state index in [2.05, 4.69) is 179 Å². The van der Waals surface area contributed by atoms with Crippen molar-refractivity contribution in [1.29, 1.82) is 0 Å². The van der Waals surface area contributed by atoms with E-state index in [0.717, 1.165) is 5.69 Å². The summed E-state index contributed by atoms with van der Waals surface area (Å²) in [5.41, 5.74) is 7.09. The van der Waals surface area contributed by atoms with Gasteiger partial charge in [0.15, 0.2) is 0 Å². The third kappa shape index (κ3) is 4.01. The van der Waals surface area contributed by atoms with Crippen LogP contribution >= 0.6 is 22.7 Å². The highest BCUT2D eigenvalue weighted by atomic mass is 32.1. The van der Waals surface area contributed by atoms with Crippen molar-refractivity contribution < 1.29 is 0 Å². The first-order valence-electron chi connectivity index (χ1n) is 16.9. The Balaban J connectivity index is 1.27. The summed E-state index contributed by atoms with van der Waals surface area (Å²) in [5.74, 6) is 0. The van der Waals surface area contributed by atoms with Crippen LogP contribution in [0.15, 0.2) is 170 Å². The van der Waals surface area contributed by atoms with Gasteiger partial charge >= 0.3 is 0 Å². The van der Waals surface area contributed by atoms with Gasteiger partial charge in [0.25, 0.3) is 0 Å². The molecule has 0 aliphatic rings. The van der Waals surface area contributed by atoms with Crippen molar-refractivity contribution in [3.63, 3.8) is 0 Å². The predicted molar refractivity (Wildman–Crippen MR) is 219 cm³/mol. The van der Waals surface area contributed by atoms with Crippen LogP contribution in [0.3, 0.4) is 0 Å². The van der Waals surface area contributed by atoms with Gasteiger partial charge in [-0.2, -0.15) is 0 Å². The van der Waals surface area contributed by atoms with Crippen molar-refractivity contribution in [3.05, 3.63) is 170 Å². The van der Waals surface area contributed by atoms with E-state index >= 15 is 0 Å². The molecule has 0 saturated carbocycles. The van der Waals surface area contributed by atoms with Crippen LogP contribution in [0.1, 0.15) is 0 Å². The van der Waals surface area contributed by atoms with Crippen molar-refractivity contribution in [3.8, 4) is 5.69 Å². The molecule has 11 rings (SSSR count). The lowest BCUT2D eigenvalue weighted by atomic mass is 10.00. The van der Waals surface area contributed by atoms with Gasteiger partial charge in [-0.3, -0.25) is 0 Å². The minimum absolute atomic E-state index is 1.14. The quantitative estimate of drug-likeness (QED) is 0.181. The number of hydrogen-bond donors (Lipinski definition) is 0. The molecule has 3 heterocycles. The number of hydrogen-bond acceptors (Lipinski definition) is 3. The number of fused-ring (bicyclic) bond motifs is 11. The van der Waals surface area contributed by atoms with Gasteiger partial charge in [0.2, 0.25) is 0 Å². The minimum atomic E-state index is 1.14. The van der Waals surface area contributed by atoms with Crippen LogP contribution < -0.4 is 4.90 Å². The van der Waals surface area contributed by atoms with E-state index < -0.39 is 0 Å². The highest BCUT2D eigenvalue weighted by molar-refractivity contribution is 7.26. The summed E-state index contributed by atoms with van der Waals surface area (Å²) >= 11 is 3.75. The summed E-state index contributed by atoms with van der Waals surface area (Å²) in [4.78, 5) is 2.53. The second-order valence-corrected chi connectivity index (χ2v) is 15.1. The first kappa shape index (κ1) is 28.0. The molecule has 234 valence electrons. The average Bonchev–Trinajstić information content (AvgIpc) is 3.85. The van der Waals surface area contributed by atoms with Gasteiger partial charge in [-0.15, -0.1) is 22.7 Å². The second kappa shape index (κ2) is 10.8. The Kier molecular flexibility index (Phi) is 6.03. The van der Waals surface area contributed by atoms with Gasteiger partial charge < -0.3 is 9.47 Å². The number of para-hydroxylation sites is 2. The first-order chi connectivity index (χ1) is 24.8. The Morgan fingerprint density at radius 3 is 1.76 bits per heavy atom. The van der Waals surface area contributed by atoms with Crippen LogP contribution in [0.4, 0.5) is 17.1 Å². The molecule has 0 unspecified atom stereocenters. The molecular weight excluding hydrogens is 645 g/mol. The van der Waals surface area contributed by atoms with Gasteiger partial charge in [0, 0.05) is 67.9 Å². The molecule has 0 aliphatic heterocycles. The predicted octanol–water partition coefficient (Wildman–Crippen LogP) is 14.1. The molecule has 0 fully saturated rings. The van der Waals surface area contributed by atoms with Crippen molar-refractivity contribution in [2.24, 2.45) is 0 Å². The lowest BCUT2D eigenvalue weighted by Crippen LogP contribution is -2.11. The zero-order valence-electron chi connectivity index (χ0n) is 26.9. The van der Waals surface area contributed by atoms with E-state index in [1.54, 1.807) is 0 Å². The maximum atomic E-state index is 2.53. The van der Waals surface area contributed by atoms with E-state index in [4.69, 9.17) is 0 Å². The Bertz CT molecular complexity index is 3110. The molecule has 0 spiro atoms. The molecule has 11 aromatic rings. The van der Waals surface area contributed by atoms with E-state index in [1.807, 2.05) is 22.7 Å². The zero-order valence-corrected chi connectivity index (χ0v) is 28.5. The van der Waals surface area contributed by atoms with Crippen LogP contribution in [0.2, 0.25) is 0 Å². The Labute approximate surface area is 296 Å². The number of rotatable bonds is 4. The third-order valence-electron chi connectivity index (χ3n) is 10.2. The van der Waals surface area contributed by atoms with E-state index in [1.165, 1.54) is 90.0 Å². The van der Waals surface area contributed by atoms with Crippen molar-refractivity contribution in [2.75, 3.05) is 4.90 Å². The van der Waals surface area contributed by atoms with Gasteiger partial charge in [-0.05, 0) is 72.1 Å². The topological polar surface area (TPSA) is 8.17 Å². The van der Waals surface area contributed by atoms with Crippen molar-refractivity contribution >= 4 is 113 Å². The molecule has 0 radical (unpaired) electrons. The Morgan fingerprint density at radius 1 is 0.360 bits per heavy atom. The molecule has 0 saturated heterocycles. The Hall–Kier alpha value is -5.94. The van der Waals surface area contributed by atoms with Gasteiger partial charge in [-0.25, -0.2) is 0 Å². The summed E-state index contributed by atoms with van der Waals surface area (Å²) in [7, 11) is 0. The molecular formula is C46H28N2S2. The average molecular weight is 673 g/mol. The molecule has 0 amide bonds. The molecule has 8 aromatic carbocycles. The molecule has 0 atom stereocenters. The van der Waals surface area contributed by atoms with Gasteiger partial charge in [0.1, 0.15) is 0 Å². The fourth-order valence-corrected chi connectivity index (χ4v) is 10.3. The van der Waals surface area contributed by atoms with E-state index in [9.17, 15) is 0 Å². The number of thiophene rings is 2. The standard InChI is InChI=1S/C46H28N2S2/c1-2-13-29(14-3-1)47-37-20-9-6-16-32(37)36-27-30(25-26-38(36)47)48(39-21-12-24-43-46(39)35-19-8-11-23-42(35)49-43)40-28-44-45(33-17-5-4-15-31(33)40)34-18-7-10-22-41(34)50-44/h1-28H. The lowest BCUT2D eigenvalue weighted by molar-refractivity contribution is 1.18. The molecule has 0 bridgehead atoms. The third-order valence-corrected chi connectivity index (χ3v) is 12.4. The van der Waals surface area contributed by atoms with Crippen molar-refractivity contribution in [2.45, 2.75) is 0 Å². The van der Waals surface area contributed by atoms with Crippen LogP contribution in [0, 0.1) is 0 Å². The molecule has 2 nitrogen and oxygen atoms in total.